The fourth-order valence-electron chi connectivity index (χ4n) is 1.90. The van der Waals surface area contributed by atoms with Gasteiger partial charge in [-0.3, -0.25) is 0 Å². The minimum Gasteiger partial charge on any atom is -0.486 e. The maximum Gasteiger partial charge on any atom is 0.216 e. The third kappa shape index (κ3) is 3.94. The summed E-state index contributed by atoms with van der Waals surface area (Å²) in [4.78, 5) is 0. The van der Waals surface area contributed by atoms with Gasteiger partial charge in [0.15, 0.2) is 5.82 Å². The molecule has 7 heteroatoms. The minimum atomic E-state index is 0.268. The molecule has 0 atom stereocenters. The van der Waals surface area contributed by atoms with Crippen LogP contribution in [0, 0.1) is 4.77 Å². The summed E-state index contributed by atoms with van der Waals surface area (Å²) in [5.41, 5.74) is 0.950. The zero-order chi connectivity index (χ0) is 16.1. The van der Waals surface area contributed by atoms with E-state index in [1.807, 2.05) is 54.6 Å². The molecule has 2 aromatic carbocycles. The molecule has 0 amide bonds. The zero-order valence-electron chi connectivity index (χ0n) is 12.0. The molecule has 0 bridgehead atoms. The van der Waals surface area contributed by atoms with Gasteiger partial charge in [-0.05, 0) is 30.4 Å². The van der Waals surface area contributed by atoms with E-state index in [1.54, 1.807) is 10.9 Å². The molecule has 1 aromatic heterocycles. The van der Waals surface area contributed by atoms with Crippen LogP contribution in [0.1, 0.15) is 11.4 Å². The number of H-pyrrole nitrogens is 1. The molecule has 0 fully saturated rings. The first kappa shape index (κ1) is 15.6. The van der Waals surface area contributed by atoms with Gasteiger partial charge in [-0.25, -0.2) is 5.10 Å². The number of nitrogens with zero attached hydrogens (tertiary/aromatic N) is 3. The van der Waals surface area contributed by atoms with Crippen molar-refractivity contribution in [2.45, 2.75) is 6.61 Å². The van der Waals surface area contributed by atoms with Gasteiger partial charge in [0.2, 0.25) is 4.77 Å². The Hall–Kier alpha value is -2.25. The summed E-state index contributed by atoms with van der Waals surface area (Å²) in [6, 6.07) is 17.3. The normalized spacial score (nSPS) is 11.0. The third-order valence-electron chi connectivity index (χ3n) is 3.05. The van der Waals surface area contributed by atoms with Crippen LogP contribution in [0.4, 0.5) is 0 Å². The minimum absolute atomic E-state index is 0.268. The number of hydrogen-bond acceptors (Lipinski definition) is 4. The van der Waals surface area contributed by atoms with E-state index in [4.69, 9.17) is 17.0 Å². The molecule has 116 valence electrons. The molecule has 0 aliphatic heterocycles. The average Bonchev–Trinajstić information content (AvgIpc) is 2.93. The second-order valence-electron chi connectivity index (χ2n) is 4.62. The highest BCUT2D eigenvalue weighted by Gasteiger charge is 2.06. The van der Waals surface area contributed by atoms with Crippen molar-refractivity contribution in [3.05, 3.63) is 75.2 Å². The van der Waals surface area contributed by atoms with E-state index in [9.17, 15) is 0 Å². The highest BCUT2D eigenvalue weighted by molar-refractivity contribution is 9.10. The number of rotatable bonds is 5. The van der Waals surface area contributed by atoms with Crippen LogP contribution in [0.5, 0.6) is 5.75 Å². The Balaban J connectivity index is 1.79. The third-order valence-corrected chi connectivity index (χ3v) is 4.03. The van der Waals surface area contributed by atoms with Crippen LogP contribution in [0.2, 0.25) is 0 Å². The van der Waals surface area contributed by atoms with E-state index in [0.29, 0.717) is 10.6 Å². The van der Waals surface area contributed by atoms with Gasteiger partial charge < -0.3 is 4.74 Å². The van der Waals surface area contributed by atoms with Crippen LogP contribution in [0.3, 0.4) is 0 Å². The Morgan fingerprint density at radius 3 is 2.70 bits per heavy atom. The number of hydrogen-bond donors (Lipinski definition) is 1. The molecule has 0 radical (unpaired) electrons. The molecule has 3 aromatic rings. The van der Waals surface area contributed by atoms with Crippen molar-refractivity contribution in [1.29, 1.82) is 0 Å². The maximum absolute atomic E-state index is 5.69. The van der Waals surface area contributed by atoms with Crippen LogP contribution in [0.25, 0.3) is 0 Å². The molecule has 0 aliphatic carbocycles. The SMILES string of the molecule is S=c1[nH]nc(COc2ccccc2)n1/N=C/c1ccccc1Br. The second kappa shape index (κ2) is 7.34. The van der Waals surface area contributed by atoms with Crippen LogP contribution in [-0.2, 0) is 6.61 Å². The Kier molecular flexibility index (Phi) is 4.99. The number of nitrogens with one attached hydrogen (secondary N) is 1. The first-order chi connectivity index (χ1) is 11.2. The lowest BCUT2D eigenvalue weighted by molar-refractivity contribution is 0.290. The summed E-state index contributed by atoms with van der Waals surface area (Å²) in [6.45, 7) is 0.268. The Bertz CT molecular complexity index is 873. The number of ether oxygens (including phenoxy) is 1. The number of aromatic amines is 1. The van der Waals surface area contributed by atoms with Crippen molar-refractivity contribution in [2.24, 2.45) is 5.10 Å². The molecular weight excluding hydrogens is 376 g/mol. The fraction of sp³-hybridized carbons (Fsp3) is 0.0625. The first-order valence-electron chi connectivity index (χ1n) is 6.87. The molecular formula is C16H13BrN4OS. The van der Waals surface area contributed by atoms with Gasteiger partial charge in [0.1, 0.15) is 12.4 Å². The van der Waals surface area contributed by atoms with Crippen molar-refractivity contribution in [2.75, 3.05) is 0 Å². The van der Waals surface area contributed by atoms with E-state index < -0.39 is 0 Å². The van der Waals surface area contributed by atoms with Gasteiger partial charge in [0.25, 0.3) is 0 Å². The molecule has 5 nitrogen and oxygen atoms in total. The first-order valence-corrected chi connectivity index (χ1v) is 8.07. The van der Waals surface area contributed by atoms with Crippen molar-refractivity contribution < 1.29 is 4.74 Å². The van der Waals surface area contributed by atoms with Crippen molar-refractivity contribution >= 4 is 34.4 Å². The monoisotopic (exact) mass is 388 g/mol. The standard InChI is InChI=1S/C16H13BrN4OS/c17-14-9-5-4-6-12(14)10-18-21-15(19-20-16(21)23)11-22-13-7-2-1-3-8-13/h1-10H,11H2,(H,20,23)/b18-10+. The van der Waals surface area contributed by atoms with Crippen LogP contribution in [-0.4, -0.2) is 21.1 Å². The Morgan fingerprint density at radius 1 is 1.17 bits per heavy atom. The van der Waals surface area contributed by atoms with Gasteiger partial charge in [-0.1, -0.05) is 52.3 Å². The lowest BCUT2D eigenvalue weighted by Crippen LogP contribution is -2.04. The van der Waals surface area contributed by atoms with E-state index in [-0.39, 0.29) is 6.61 Å². The summed E-state index contributed by atoms with van der Waals surface area (Å²) < 4.78 is 8.62. The summed E-state index contributed by atoms with van der Waals surface area (Å²) >= 11 is 8.70. The Morgan fingerprint density at radius 2 is 1.91 bits per heavy atom. The molecule has 0 spiro atoms. The summed E-state index contributed by atoms with van der Waals surface area (Å²) in [5.74, 6) is 1.37. The van der Waals surface area contributed by atoms with Crippen LogP contribution >= 0.6 is 28.1 Å². The van der Waals surface area contributed by atoms with Gasteiger partial charge in [-0.15, -0.1) is 0 Å². The smallest absolute Gasteiger partial charge is 0.216 e. The van der Waals surface area contributed by atoms with Gasteiger partial charge in [0.05, 0.1) is 6.21 Å². The quantitative estimate of drug-likeness (QED) is 0.527. The molecule has 0 saturated heterocycles. The van der Waals surface area contributed by atoms with Crippen LogP contribution < -0.4 is 4.74 Å². The highest BCUT2D eigenvalue weighted by atomic mass is 79.9. The summed E-state index contributed by atoms with van der Waals surface area (Å²) in [6.07, 6.45) is 1.72. The lowest BCUT2D eigenvalue weighted by atomic mass is 10.2. The Labute approximate surface area is 146 Å². The highest BCUT2D eigenvalue weighted by Crippen LogP contribution is 2.14. The van der Waals surface area contributed by atoms with Gasteiger partial charge >= 0.3 is 0 Å². The van der Waals surface area contributed by atoms with E-state index in [0.717, 1.165) is 15.8 Å². The average molecular weight is 389 g/mol. The topological polar surface area (TPSA) is 55.2 Å². The van der Waals surface area contributed by atoms with Crippen molar-refractivity contribution in [3.63, 3.8) is 0 Å². The number of aromatic nitrogens is 3. The van der Waals surface area contributed by atoms with Gasteiger partial charge in [0, 0.05) is 10.0 Å². The lowest BCUT2D eigenvalue weighted by Gasteiger charge is -2.05. The molecule has 3 rings (SSSR count). The van der Waals surface area contributed by atoms with Crippen molar-refractivity contribution in [3.8, 4) is 5.75 Å². The molecule has 23 heavy (non-hydrogen) atoms. The molecule has 1 N–H and O–H groups in total. The number of benzene rings is 2. The number of halogens is 1. The zero-order valence-corrected chi connectivity index (χ0v) is 14.4. The maximum atomic E-state index is 5.69. The summed E-state index contributed by atoms with van der Waals surface area (Å²) in [5, 5.41) is 11.3. The predicted molar refractivity (Wildman–Crippen MR) is 95.3 cm³/mol. The van der Waals surface area contributed by atoms with E-state index in [2.05, 4.69) is 31.2 Å². The fourth-order valence-corrected chi connectivity index (χ4v) is 2.49. The second-order valence-corrected chi connectivity index (χ2v) is 5.87. The molecule has 0 saturated carbocycles. The van der Waals surface area contributed by atoms with E-state index in [1.165, 1.54) is 0 Å². The van der Waals surface area contributed by atoms with E-state index >= 15 is 0 Å². The predicted octanol–water partition coefficient (Wildman–Crippen LogP) is 4.16. The van der Waals surface area contributed by atoms with Crippen LogP contribution in [0.15, 0.2) is 64.2 Å². The number of para-hydroxylation sites is 1. The van der Waals surface area contributed by atoms with Crippen molar-refractivity contribution in [1.82, 2.24) is 14.9 Å². The molecule has 1 heterocycles. The largest absolute Gasteiger partial charge is 0.486 e. The van der Waals surface area contributed by atoms with Gasteiger partial charge in [-0.2, -0.15) is 14.9 Å². The summed E-state index contributed by atoms with van der Waals surface area (Å²) in [7, 11) is 0. The molecule has 0 aliphatic rings. The molecule has 0 unspecified atom stereocenters.